The highest BCUT2D eigenvalue weighted by Crippen LogP contribution is 2.14. The second-order valence-electron chi connectivity index (χ2n) is 5.20. The number of hydrogen-bond acceptors (Lipinski definition) is 4. The number of aromatic amines is 1. The van der Waals surface area contributed by atoms with Crippen LogP contribution in [0.5, 0.6) is 0 Å². The summed E-state index contributed by atoms with van der Waals surface area (Å²) in [5, 5.41) is 0.165. The first-order chi connectivity index (χ1) is 9.41. The summed E-state index contributed by atoms with van der Waals surface area (Å²) in [6, 6.07) is 0. The van der Waals surface area contributed by atoms with Crippen LogP contribution in [0.4, 0.5) is 0 Å². The van der Waals surface area contributed by atoms with E-state index in [1.165, 1.54) is 12.5 Å². The Hall–Kier alpha value is -0.920. The first-order valence-corrected chi connectivity index (χ1v) is 8.56. The first-order valence-electron chi connectivity index (χ1n) is 7.12. The molecule has 0 amide bonds. The molecule has 1 heterocycles. The fraction of sp³-hybridized carbons (Fsp3) is 0.769. The number of nitrogens with one attached hydrogen (secondary N) is 1. The van der Waals surface area contributed by atoms with Gasteiger partial charge in [-0.1, -0.05) is 27.7 Å². The molecule has 0 unspecified atom stereocenters. The van der Waals surface area contributed by atoms with E-state index in [0.29, 0.717) is 13.1 Å². The molecule has 6 nitrogen and oxygen atoms in total. The van der Waals surface area contributed by atoms with Gasteiger partial charge in [-0.15, -0.1) is 0 Å². The van der Waals surface area contributed by atoms with E-state index in [0.717, 1.165) is 19.6 Å². The minimum Gasteiger partial charge on any atom is -0.335 e. The number of imidazole rings is 1. The number of nitrogens with zero attached hydrogens (tertiary/aromatic N) is 3. The normalized spacial score (nSPS) is 12.8. The molecule has 116 valence electrons. The van der Waals surface area contributed by atoms with Gasteiger partial charge >= 0.3 is 0 Å². The van der Waals surface area contributed by atoms with E-state index < -0.39 is 10.0 Å². The predicted molar refractivity (Wildman–Crippen MR) is 80.0 cm³/mol. The Morgan fingerprint density at radius 1 is 1.25 bits per heavy atom. The third-order valence-electron chi connectivity index (χ3n) is 3.22. The number of H-pyrrole nitrogens is 1. The summed E-state index contributed by atoms with van der Waals surface area (Å²) in [7, 11) is -3.48. The van der Waals surface area contributed by atoms with Crippen molar-refractivity contribution in [1.82, 2.24) is 19.2 Å². The highest BCUT2D eigenvalue weighted by Gasteiger charge is 2.26. The van der Waals surface area contributed by atoms with E-state index in [1.807, 2.05) is 13.8 Å². The lowest BCUT2D eigenvalue weighted by Gasteiger charge is -2.26. The topological polar surface area (TPSA) is 69.3 Å². The Bertz CT molecular complexity index is 467. The monoisotopic (exact) mass is 302 g/mol. The smallest absolute Gasteiger partial charge is 0.260 e. The number of aromatic nitrogens is 2. The van der Waals surface area contributed by atoms with Crippen LogP contribution >= 0.6 is 0 Å². The van der Waals surface area contributed by atoms with Gasteiger partial charge in [0.2, 0.25) is 0 Å². The van der Waals surface area contributed by atoms with Crippen LogP contribution in [0.2, 0.25) is 0 Å². The van der Waals surface area contributed by atoms with Crippen LogP contribution in [0, 0.1) is 5.92 Å². The molecule has 0 fully saturated rings. The molecular weight excluding hydrogens is 276 g/mol. The van der Waals surface area contributed by atoms with Crippen LogP contribution in [0.15, 0.2) is 17.6 Å². The van der Waals surface area contributed by atoms with Crippen molar-refractivity contribution in [2.45, 2.75) is 32.7 Å². The zero-order valence-electron chi connectivity index (χ0n) is 12.8. The van der Waals surface area contributed by atoms with Crippen LogP contribution in [0.3, 0.4) is 0 Å². The molecular formula is C13H26N4O2S. The summed E-state index contributed by atoms with van der Waals surface area (Å²) in [5.41, 5.74) is 0. The Kier molecular flexibility index (Phi) is 6.64. The highest BCUT2D eigenvalue weighted by atomic mass is 32.2. The SMILES string of the molecule is CCN(CC)CCN(CC(C)C)S(=O)(=O)c1cnc[nH]1. The Morgan fingerprint density at radius 3 is 2.35 bits per heavy atom. The van der Waals surface area contributed by atoms with Gasteiger partial charge in [0, 0.05) is 19.6 Å². The van der Waals surface area contributed by atoms with Gasteiger partial charge < -0.3 is 9.88 Å². The van der Waals surface area contributed by atoms with E-state index >= 15 is 0 Å². The van der Waals surface area contributed by atoms with Crippen molar-refractivity contribution >= 4 is 10.0 Å². The molecule has 1 aromatic rings. The van der Waals surface area contributed by atoms with E-state index in [-0.39, 0.29) is 10.9 Å². The van der Waals surface area contributed by atoms with Gasteiger partial charge in [0.15, 0.2) is 5.03 Å². The molecule has 0 aliphatic heterocycles. The van der Waals surface area contributed by atoms with Gasteiger partial charge in [-0.25, -0.2) is 13.4 Å². The zero-order chi connectivity index (χ0) is 15.2. The lowest BCUT2D eigenvalue weighted by atomic mass is 10.2. The van der Waals surface area contributed by atoms with Crippen LogP contribution in [-0.4, -0.2) is 60.3 Å². The van der Waals surface area contributed by atoms with Gasteiger partial charge in [-0.05, 0) is 19.0 Å². The lowest BCUT2D eigenvalue weighted by Crippen LogP contribution is -2.40. The minimum absolute atomic E-state index is 0.165. The van der Waals surface area contributed by atoms with Crippen molar-refractivity contribution in [1.29, 1.82) is 0 Å². The predicted octanol–water partition coefficient (Wildman–Crippen LogP) is 1.40. The van der Waals surface area contributed by atoms with Crippen molar-refractivity contribution in [3.05, 3.63) is 12.5 Å². The fourth-order valence-electron chi connectivity index (χ4n) is 2.03. The molecule has 20 heavy (non-hydrogen) atoms. The largest absolute Gasteiger partial charge is 0.335 e. The van der Waals surface area contributed by atoms with Crippen LogP contribution in [-0.2, 0) is 10.0 Å². The lowest BCUT2D eigenvalue weighted by molar-refractivity contribution is 0.262. The molecule has 0 saturated heterocycles. The maximum Gasteiger partial charge on any atom is 0.260 e. The van der Waals surface area contributed by atoms with Gasteiger partial charge in [-0.3, -0.25) is 0 Å². The average molecular weight is 302 g/mol. The molecule has 7 heteroatoms. The van der Waals surface area contributed by atoms with E-state index in [9.17, 15) is 8.42 Å². The molecule has 1 rings (SSSR count). The number of likely N-dealkylation sites (N-methyl/N-ethyl adjacent to an activating group) is 1. The molecule has 0 aromatic carbocycles. The zero-order valence-corrected chi connectivity index (χ0v) is 13.7. The summed E-state index contributed by atoms with van der Waals surface area (Å²) in [5.74, 6) is 0.282. The average Bonchev–Trinajstić information content (AvgIpc) is 2.92. The van der Waals surface area contributed by atoms with Crippen LogP contribution in [0.25, 0.3) is 0 Å². The van der Waals surface area contributed by atoms with E-state index in [1.54, 1.807) is 4.31 Å². The molecule has 0 atom stereocenters. The van der Waals surface area contributed by atoms with Gasteiger partial charge in [0.25, 0.3) is 10.0 Å². The highest BCUT2D eigenvalue weighted by molar-refractivity contribution is 7.89. The number of sulfonamides is 1. The molecule has 0 aliphatic carbocycles. The maximum absolute atomic E-state index is 12.6. The Balaban J connectivity index is 2.84. The molecule has 0 radical (unpaired) electrons. The summed E-state index contributed by atoms with van der Waals surface area (Å²) in [4.78, 5) is 8.72. The summed E-state index contributed by atoms with van der Waals surface area (Å²) in [6.07, 6.45) is 2.75. The maximum atomic E-state index is 12.6. The molecule has 1 N–H and O–H groups in total. The van der Waals surface area contributed by atoms with Crippen molar-refractivity contribution in [3.8, 4) is 0 Å². The Labute approximate surface area is 122 Å². The molecule has 0 saturated carbocycles. The van der Waals surface area contributed by atoms with Gasteiger partial charge in [-0.2, -0.15) is 4.31 Å². The molecule has 1 aromatic heterocycles. The van der Waals surface area contributed by atoms with Crippen LogP contribution in [0.1, 0.15) is 27.7 Å². The molecule has 0 bridgehead atoms. The van der Waals surface area contributed by atoms with E-state index in [2.05, 4.69) is 28.7 Å². The third-order valence-corrected chi connectivity index (χ3v) is 5.01. The fourth-order valence-corrected chi connectivity index (χ4v) is 3.52. The van der Waals surface area contributed by atoms with Crippen molar-refractivity contribution in [2.75, 3.05) is 32.7 Å². The van der Waals surface area contributed by atoms with Gasteiger partial charge in [0.1, 0.15) is 0 Å². The third kappa shape index (κ3) is 4.57. The van der Waals surface area contributed by atoms with Crippen molar-refractivity contribution in [3.63, 3.8) is 0 Å². The Morgan fingerprint density at radius 2 is 1.90 bits per heavy atom. The second kappa shape index (κ2) is 7.75. The van der Waals surface area contributed by atoms with Crippen molar-refractivity contribution in [2.24, 2.45) is 5.92 Å². The number of hydrogen-bond donors (Lipinski definition) is 1. The summed E-state index contributed by atoms with van der Waals surface area (Å²) >= 11 is 0. The quantitative estimate of drug-likeness (QED) is 0.748. The van der Waals surface area contributed by atoms with Crippen molar-refractivity contribution < 1.29 is 8.42 Å². The van der Waals surface area contributed by atoms with Crippen LogP contribution < -0.4 is 0 Å². The molecule has 0 spiro atoms. The van der Waals surface area contributed by atoms with Gasteiger partial charge in [0.05, 0.1) is 12.5 Å². The standard InChI is InChI=1S/C13H26N4O2S/c1-5-16(6-2)7-8-17(10-12(3)4)20(18,19)13-9-14-11-15-13/h9,11-12H,5-8,10H2,1-4H3,(H,14,15). The summed E-state index contributed by atoms with van der Waals surface area (Å²) < 4.78 is 26.7. The first kappa shape index (κ1) is 17.1. The molecule has 0 aliphatic rings. The summed E-state index contributed by atoms with van der Waals surface area (Å²) in [6.45, 7) is 11.8. The minimum atomic E-state index is -3.48. The van der Waals surface area contributed by atoms with E-state index in [4.69, 9.17) is 0 Å². The second-order valence-corrected chi connectivity index (χ2v) is 7.11. The number of rotatable bonds is 9.